The normalized spacial score (nSPS) is 20.2. The van der Waals surface area contributed by atoms with Crippen LogP contribution in [0.3, 0.4) is 0 Å². The van der Waals surface area contributed by atoms with Gasteiger partial charge >= 0.3 is 5.97 Å². The van der Waals surface area contributed by atoms with Gasteiger partial charge in [-0.25, -0.2) is 4.98 Å². The number of carboxylic acids is 1. The van der Waals surface area contributed by atoms with E-state index in [1.54, 1.807) is 24.3 Å². The maximum Gasteiger partial charge on any atom is 0.311 e. The van der Waals surface area contributed by atoms with E-state index in [2.05, 4.69) is 4.98 Å². The van der Waals surface area contributed by atoms with Gasteiger partial charge in [0.15, 0.2) is 0 Å². The summed E-state index contributed by atoms with van der Waals surface area (Å²) in [6.07, 6.45) is 0.462. The highest BCUT2D eigenvalue weighted by Crippen LogP contribution is 2.32. The van der Waals surface area contributed by atoms with E-state index in [0.717, 1.165) is 16.3 Å². The average Bonchev–Trinajstić information content (AvgIpc) is 3.22. The summed E-state index contributed by atoms with van der Waals surface area (Å²) in [5, 5.41) is 11.7. The van der Waals surface area contributed by atoms with E-state index in [1.807, 2.05) is 24.3 Å². The van der Waals surface area contributed by atoms with Crippen molar-refractivity contribution in [2.45, 2.75) is 13.3 Å². The van der Waals surface area contributed by atoms with Crippen molar-refractivity contribution in [3.8, 4) is 16.3 Å². The lowest BCUT2D eigenvalue weighted by Crippen LogP contribution is -2.35. The quantitative estimate of drug-likeness (QED) is 0.921. The Morgan fingerprint density at radius 2 is 2.04 bits per heavy atom. The Hall–Kier alpha value is -2.41. The van der Waals surface area contributed by atoms with Gasteiger partial charge in [-0.2, -0.15) is 0 Å². The SMILES string of the molecule is COc1ccc(-c2nc(C(=O)N3CCC(C)(C(=O)O)C3)cs2)cc1. The number of hydrogen-bond acceptors (Lipinski definition) is 5. The largest absolute Gasteiger partial charge is 0.497 e. The second kappa shape index (κ2) is 6.24. The highest BCUT2D eigenvalue weighted by Gasteiger charge is 2.42. The predicted octanol–water partition coefficient (Wildman–Crippen LogP) is 2.76. The van der Waals surface area contributed by atoms with E-state index in [9.17, 15) is 14.7 Å². The molecule has 126 valence electrons. The number of aromatic nitrogens is 1. The number of rotatable bonds is 4. The number of ether oxygens (including phenoxy) is 1. The zero-order chi connectivity index (χ0) is 17.3. The Labute approximate surface area is 143 Å². The Morgan fingerprint density at radius 1 is 1.33 bits per heavy atom. The molecule has 1 aromatic carbocycles. The zero-order valence-corrected chi connectivity index (χ0v) is 14.3. The predicted molar refractivity (Wildman–Crippen MR) is 90.4 cm³/mol. The number of benzene rings is 1. The van der Waals surface area contributed by atoms with E-state index < -0.39 is 11.4 Å². The van der Waals surface area contributed by atoms with Crippen molar-refractivity contribution in [2.24, 2.45) is 5.41 Å². The van der Waals surface area contributed by atoms with Crippen LogP contribution in [-0.4, -0.2) is 47.1 Å². The summed E-state index contributed by atoms with van der Waals surface area (Å²) in [5.41, 5.74) is 0.405. The van der Waals surface area contributed by atoms with Crippen LogP contribution in [0.5, 0.6) is 5.75 Å². The lowest BCUT2D eigenvalue weighted by atomic mass is 9.90. The highest BCUT2D eigenvalue weighted by molar-refractivity contribution is 7.13. The first-order valence-corrected chi connectivity index (χ1v) is 8.43. The molecule has 1 aliphatic rings. The summed E-state index contributed by atoms with van der Waals surface area (Å²) < 4.78 is 5.13. The van der Waals surface area contributed by atoms with Crippen LogP contribution in [-0.2, 0) is 4.79 Å². The van der Waals surface area contributed by atoms with Crippen LogP contribution in [0.25, 0.3) is 10.6 Å². The van der Waals surface area contributed by atoms with E-state index in [1.165, 1.54) is 11.3 Å². The number of aliphatic carboxylic acids is 1. The number of likely N-dealkylation sites (tertiary alicyclic amines) is 1. The van der Waals surface area contributed by atoms with Gasteiger partial charge in [0.05, 0.1) is 12.5 Å². The van der Waals surface area contributed by atoms with Crippen LogP contribution in [0.2, 0.25) is 0 Å². The average molecular weight is 346 g/mol. The van der Waals surface area contributed by atoms with Crippen molar-refractivity contribution in [3.05, 3.63) is 35.3 Å². The maximum absolute atomic E-state index is 12.6. The third-order valence-corrected chi connectivity index (χ3v) is 5.23. The van der Waals surface area contributed by atoms with Crippen LogP contribution >= 0.6 is 11.3 Å². The van der Waals surface area contributed by atoms with Gasteiger partial charge in [-0.1, -0.05) is 0 Å². The molecule has 1 aliphatic heterocycles. The molecule has 0 bridgehead atoms. The molecule has 2 aromatic rings. The van der Waals surface area contributed by atoms with Gasteiger partial charge in [-0.15, -0.1) is 11.3 Å². The molecule has 24 heavy (non-hydrogen) atoms. The summed E-state index contributed by atoms with van der Waals surface area (Å²) in [6.45, 7) is 2.33. The minimum atomic E-state index is -0.871. The Morgan fingerprint density at radius 3 is 2.62 bits per heavy atom. The molecule has 6 nitrogen and oxygen atoms in total. The van der Waals surface area contributed by atoms with Crippen molar-refractivity contribution in [1.82, 2.24) is 9.88 Å². The van der Waals surface area contributed by atoms with E-state index in [0.29, 0.717) is 18.7 Å². The number of carbonyl (C=O) groups is 2. The molecule has 0 saturated carbocycles. The molecule has 1 saturated heterocycles. The molecule has 0 spiro atoms. The third-order valence-electron chi connectivity index (χ3n) is 4.34. The number of carboxylic acid groups (broad SMARTS) is 1. The Kier molecular flexibility index (Phi) is 4.28. The van der Waals surface area contributed by atoms with Gasteiger partial charge in [0, 0.05) is 24.0 Å². The molecule has 1 unspecified atom stereocenters. The molecule has 0 radical (unpaired) electrons. The molecule has 1 amide bonds. The Bertz CT molecular complexity index is 771. The van der Waals surface area contributed by atoms with Gasteiger partial charge in [-0.3, -0.25) is 9.59 Å². The second-order valence-electron chi connectivity index (χ2n) is 6.11. The lowest BCUT2D eigenvalue weighted by molar-refractivity contribution is -0.147. The molecule has 1 aromatic heterocycles. The lowest BCUT2D eigenvalue weighted by Gasteiger charge is -2.19. The molecule has 3 rings (SSSR count). The highest BCUT2D eigenvalue weighted by atomic mass is 32.1. The van der Waals surface area contributed by atoms with Gasteiger partial charge in [0.25, 0.3) is 5.91 Å². The molecule has 0 aliphatic carbocycles. The number of amides is 1. The number of carbonyl (C=O) groups excluding carboxylic acids is 1. The zero-order valence-electron chi connectivity index (χ0n) is 13.5. The van der Waals surface area contributed by atoms with E-state index in [-0.39, 0.29) is 12.5 Å². The summed E-state index contributed by atoms with van der Waals surface area (Å²) in [7, 11) is 1.61. The van der Waals surface area contributed by atoms with Gasteiger partial charge in [0.2, 0.25) is 0 Å². The fourth-order valence-corrected chi connectivity index (χ4v) is 3.51. The summed E-state index contributed by atoms with van der Waals surface area (Å²) in [6, 6.07) is 7.47. The van der Waals surface area contributed by atoms with Gasteiger partial charge in [0.1, 0.15) is 16.5 Å². The minimum absolute atomic E-state index is 0.212. The molecule has 7 heteroatoms. The van der Waals surface area contributed by atoms with Crippen molar-refractivity contribution in [1.29, 1.82) is 0 Å². The first kappa shape index (κ1) is 16.4. The number of thiazole rings is 1. The van der Waals surface area contributed by atoms with E-state index >= 15 is 0 Å². The number of nitrogens with zero attached hydrogens (tertiary/aromatic N) is 2. The minimum Gasteiger partial charge on any atom is -0.497 e. The van der Waals surface area contributed by atoms with Crippen LogP contribution in [0, 0.1) is 5.41 Å². The summed E-state index contributed by atoms with van der Waals surface area (Å²) >= 11 is 1.39. The van der Waals surface area contributed by atoms with Gasteiger partial charge in [-0.05, 0) is 37.6 Å². The summed E-state index contributed by atoms with van der Waals surface area (Å²) in [4.78, 5) is 29.8. The van der Waals surface area contributed by atoms with Crippen molar-refractivity contribution >= 4 is 23.2 Å². The first-order chi connectivity index (χ1) is 11.4. The molecule has 1 N–H and O–H groups in total. The van der Waals surface area contributed by atoms with Crippen LogP contribution in [0.15, 0.2) is 29.6 Å². The first-order valence-electron chi connectivity index (χ1n) is 7.55. The summed E-state index contributed by atoms with van der Waals surface area (Å²) in [5.74, 6) is -0.317. The van der Waals surface area contributed by atoms with Gasteiger partial charge < -0.3 is 14.7 Å². The molecular formula is C17H18N2O4S. The molecule has 1 atom stereocenters. The van der Waals surface area contributed by atoms with Crippen molar-refractivity contribution in [2.75, 3.05) is 20.2 Å². The molecular weight excluding hydrogens is 328 g/mol. The molecule has 1 fully saturated rings. The van der Waals surface area contributed by atoms with Crippen LogP contribution < -0.4 is 4.74 Å². The smallest absolute Gasteiger partial charge is 0.311 e. The van der Waals surface area contributed by atoms with Crippen molar-refractivity contribution in [3.63, 3.8) is 0 Å². The number of hydrogen-bond donors (Lipinski definition) is 1. The fraction of sp³-hybridized carbons (Fsp3) is 0.353. The maximum atomic E-state index is 12.6. The molecule has 2 heterocycles. The second-order valence-corrected chi connectivity index (χ2v) is 6.97. The third kappa shape index (κ3) is 2.99. The van der Waals surface area contributed by atoms with E-state index in [4.69, 9.17) is 4.74 Å². The fourth-order valence-electron chi connectivity index (χ4n) is 2.71. The monoisotopic (exact) mass is 346 g/mol. The van der Waals surface area contributed by atoms with Crippen LogP contribution in [0.1, 0.15) is 23.8 Å². The number of methoxy groups -OCH3 is 1. The topological polar surface area (TPSA) is 79.7 Å². The Balaban J connectivity index is 1.75. The standard InChI is InChI=1S/C17H18N2O4S/c1-17(16(21)22)7-8-19(10-17)15(20)13-9-24-14(18-13)11-3-5-12(23-2)6-4-11/h3-6,9H,7-8,10H2,1-2H3,(H,21,22). The van der Waals surface area contributed by atoms with Crippen LogP contribution in [0.4, 0.5) is 0 Å². The van der Waals surface area contributed by atoms with Crippen molar-refractivity contribution < 1.29 is 19.4 Å².